The van der Waals surface area contributed by atoms with Crippen LogP contribution in [0.4, 0.5) is 5.69 Å². The van der Waals surface area contributed by atoms with E-state index in [1.807, 2.05) is 42.5 Å². The number of β-amino-alcohol motifs (C(OH)–C–C–N with tert-alkyl or cyclic N) is 1. The van der Waals surface area contributed by atoms with E-state index in [0.717, 1.165) is 64.0 Å². The summed E-state index contributed by atoms with van der Waals surface area (Å²) < 4.78 is 6.01. The van der Waals surface area contributed by atoms with Crippen molar-refractivity contribution in [2.24, 2.45) is 0 Å². The summed E-state index contributed by atoms with van der Waals surface area (Å²) in [6.07, 6.45) is 1.61. The van der Waals surface area contributed by atoms with Crippen molar-refractivity contribution in [3.63, 3.8) is 0 Å². The molecule has 0 bridgehead atoms. The third-order valence-electron chi connectivity index (χ3n) is 6.23. The topological polar surface area (TPSA) is 90.1 Å². The molecule has 0 amide bonds. The average Bonchev–Trinajstić information content (AvgIpc) is 3.46. The fourth-order valence-electron chi connectivity index (χ4n) is 4.50. The second-order valence-corrected chi connectivity index (χ2v) is 8.58. The third-order valence-corrected chi connectivity index (χ3v) is 6.23. The predicted molar refractivity (Wildman–Crippen MR) is 129 cm³/mol. The molecular weight excluding hydrogens is 414 g/mol. The van der Waals surface area contributed by atoms with Gasteiger partial charge >= 0.3 is 0 Å². The minimum absolute atomic E-state index is 0.263. The van der Waals surface area contributed by atoms with Crippen LogP contribution in [-0.4, -0.2) is 44.5 Å². The number of hydrogen-bond acceptors (Lipinski definition) is 5. The second kappa shape index (κ2) is 8.26. The zero-order chi connectivity index (χ0) is 22.2. The number of aliphatic hydroxyl groups excluding tert-OH is 1. The maximum Gasteiger partial charge on any atom is 0.159 e. The molecule has 3 N–H and O–H groups in total. The number of aromatic amines is 2. The van der Waals surface area contributed by atoms with Gasteiger partial charge in [-0.1, -0.05) is 30.3 Å². The number of benzene rings is 3. The molecule has 1 atom stereocenters. The number of H-pyrrole nitrogens is 2. The molecule has 6 rings (SSSR count). The van der Waals surface area contributed by atoms with Crippen LogP contribution in [0.1, 0.15) is 18.4 Å². The first-order chi connectivity index (χ1) is 16.2. The predicted octanol–water partition coefficient (Wildman–Crippen LogP) is 4.65. The molecule has 1 saturated heterocycles. The lowest BCUT2D eigenvalue weighted by molar-refractivity contribution is 0.154. The SMILES string of the molecule is OC1CCCN(c2ccc3nc(-c4n[nH]c5ccc(OCc6ccccc6)cc45)[nH]c3c2)C1. The monoisotopic (exact) mass is 439 g/mol. The van der Waals surface area contributed by atoms with Crippen LogP contribution in [0.3, 0.4) is 0 Å². The van der Waals surface area contributed by atoms with E-state index in [2.05, 4.69) is 44.3 Å². The van der Waals surface area contributed by atoms with Gasteiger partial charge in [-0.2, -0.15) is 5.10 Å². The Balaban J connectivity index is 1.30. The second-order valence-electron chi connectivity index (χ2n) is 8.58. The van der Waals surface area contributed by atoms with Gasteiger partial charge in [-0.15, -0.1) is 0 Å². The Kier molecular flexibility index (Phi) is 4.96. The molecule has 7 heteroatoms. The van der Waals surface area contributed by atoms with E-state index in [1.54, 1.807) is 0 Å². The Bertz CT molecular complexity index is 1410. The Morgan fingerprint density at radius 2 is 1.94 bits per heavy atom. The number of imidazole rings is 1. The zero-order valence-corrected chi connectivity index (χ0v) is 18.2. The molecule has 7 nitrogen and oxygen atoms in total. The Hall–Kier alpha value is -3.84. The van der Waals surface area contributed by atoms with Crippen LogP contribution in [-0.2, 0) is 6.61 Å². The minimum Gasteiger partial charge on any atom is -0.489 e. The maximum atomic E-state index is 10.0. The molecule has 0 radical (unpaired) electrons. The molecule has 0 spiro atoms. The van der Waals surface area contributed by atoms with Gasteiger partial charge in [0, 0.05) is 24.2 Å². The van der Waals surface area contributed by atoms with E-state index in [9.17, 15) is 5.11 Å². The molecule has 3 heterocycles. The highest BCUT2D eigenvalue weighted by Crippen LogP contribution is 2.31. The van der Waals surface area contributed by atoms with Crippen LogP contribution in [0, 0.1) is 0 Å². The first-order valence-corrected chi connectivity index (χ1v) is 11.3. The van der Waals surface area contributed by atoms with E-state index in [0.29, 0.717) is 19.0 Å². The van der Waals surface area contributed by atoms with Crippen molar-refractivity contribution in [2.45, 2.75) is 25.6 Å². The Morgan fingerprint density at radius 3 is 2.82 bits per heavy atom. The van der Waals surface area contributed by atoms with Crippen LogP contribution in [0.5, 0.6) is 5.75 Å². The Morgan fingerprint density at radius 1 is 1.03 bits per heavy atom. The lowest BCUT2D eigenvalue weighted by atomic mass is 10.1. The van der Waals surface area contributed by atoms with Crippen LogP contribution < -0.4 is 9.64 Å². The van der Waals surface area contributed by atoms with Gasteiger partial charge in [-0.25, -0.2) is 4.98 Å². The van der Waals surface area contributed by atoms with Crippen LogP contribution in [0.2, 0.25) is 0 Å². The smallest absolute Gasteiger partial charge is 0.159 e. The molecule has 0 saturated carbocycles. The number of aliphatic hydroxyl groups is 1. The normalized spacial score (nSPS) is 16.5. The number of nitrogens with one attached hydrogen (secondary N) is 2. The lowest BCUT2D eigenvalue weighted by Gasteiger charge is -2.31. The number of ether oxygens (including phenoxy) is 1. The molecular formula is C26H25N5O2. The van der Waals surface area contributed by atoms with Gasteiger partial charge in [0.05, 0.1) is 22.7 Å². The summed E-state index contributed by atoms with van der Waals surface area (Å²) >= 11 is 0. The van der Waals surface area contributed by atoms with Crippen molar-refractivity contribution in [1.82, 2.24) is 20.2 Å². The van der Waals surface area contributed by atoms with Crippen molar-refractivity contribution < 1.29 is 9.84 Å². The van der Waals surface area contributed by atoms with Gasteiger partial charge in [-0.3, -0.25) is 5.10 Å². The quantitative estimate of drug-likeness (QED) is 0.371. The van der Waals surface area contributed by atoms with E-state index < -0.39 is 0 Å². The molecule has 2 aromatic heterocycles. The molecule has 1 aliphatic heterocycles. The summed E-state index contributed by atoms with van der Waals surface area (Å²) in [7, 11) is 0. The standard InChI is InChI=1S/C26H25N5O2/c32-19-7-4-12-31(15-19)18-8-10-23-24(13-18)28-26(27-23)25-21-14-20(9-11-22(21)29-30-25)33-16-17-5-2-1-3-6-17/h1-3,5-6,8-11,13-14,19,32H,4,7,12,15-16H2,(H,27,28)(H,29,30). The molecule has 1 aliphatic rings. The van der Waals surface area contributed by atoms with Gasteiger partial charge in [0.15, 0.2) is 5.82 Å². The summed E-state index contributed by atoms with van der Waals surface area (Å²) in [5, 5.41) is 18.6. The summed E-state index contributed by atoms with van der Waals surface area (Å²) in [6, 6.07) is 22.3. The summed E-state index contributed by atoms with van der Waals surface area (Å²) in [5.41, 5.74) is 5.76. The third kappa shape index (κ3) is 3.91. The number of hydrogen-bond donors (Lipinski definition) is 3. The molecule has 166 valence electrons. The van der Waals surface area contributed by atoms with Crippen molar-refractivity contribution in [3.8, 4) is 17.3 Å². The Labute approximate surface area is 191 Å². The number of anilines is 1. The minimum atomic E-state index is -0.263. The van der Waals surface area contributed by atoms with E-state index in [1.165, 1.54) is 0 Å². The number of rotatable bonds is 5. The highest BCUT2D eigenvalue weighted by Gasteiger charge is 2.19. The summed E-state index contributed by atoms with van der Waals surface area (Å²) in [5.74, 6) is 1.50. The molecule has 0 aliphatic carbocycles. The van der Waals surface area contributed by atoms with E-state index >= 15 is 0 Å². The molecule has 5 aromatic rings. The van der Waals surface area contributed by atoms with E-state index in [-0.39, 0.29) is 6.10 Å². The van der Waals surface area contributed by atoms with Gasteiger partial charge in [0.2, 0.25) is 0 Å². The number of nitrogens with zero attached hydrogens (tertiary/aromatic N) is 3. The first-order valence-electron chi connectivity index (χ1n) is 11.3. The number of fused-ring (bicyclic) bond motifs is 2. The number of piperidine rings is 1. The van der Waals surface area contributed by atoms with Crippen LogP contribution in [0.15, 0.2) is 66.7 Å². The lowest BCUT2D eigenvalue weighted by Crippen LogP contribution is -2.38. The fraction of sp³-hybridized carbons (Fsp3) is 0.231. The van der Waals surface area contributed by atoms with Gasteiger partial charge < -0.3 is 19.7 Å². The average molecular weight is 440 g/mol. The molecule has 3 aromatic carbocycles. The van der Waals surface area contributed by atoms with Gasteiger partial charge in [0.25, 0.3) is 0 Å². The fourth-order valence-corrected chi connectivity index (χ4v) is 4.50. The molecule has 33 heavy (non-hydrogen) atoms. The summed E-state index contributed by atoms with van der Waals surface area (Å²) in [4.78, 5) is 10.4. The highest BCUT2D eigenvalue weighted by atomic mass is 16.5. The van der Waals surface area contributed by atoms with Crippen LogP contribution >= 0.6 is 0 Å². The summed E-state index contributed by atoms with van der Waals surface area (Å²) in [6.45, 7) is 2.14. The van der Waals surface area contributed by atoms with Crippen molar-refractivity contribution >= 4 is 27.6 Å². The highest BCUT2D eigenvalue weighted by molar-refractivity contribution is 5.94. The first kappa shape index (κ1) is 19.8. The number of aromatic nitrogens is 4. The van der Waals surface area contributed by atoms with E-state index in [4.69, 9.17) is 9.72 Å². The largest absolute Gasteiger partial charge is 0.489 e. The zero-order valence-electron chi connectivity index (χ0n) is 18.2. The van der Waals surface area contributed by atoms with Crippen molar-refractivity contribution in [3.05, 3.63) is 72.3 Å². The van der Waals surface area contributed by atoms with Gasteiger partial charge in [0.1, 0.15) is 18.1 Å². The van der Waals surface area contributed by atoms with Crippen molar-refractivity contribution in [1.29, 1.82) is 0 Å². The van der Waals surface area contributed by atoms with Gasteiger partial charge in [-0.05, 0) is 54.8 Å². The molecule has 1 fully saturated rings. The molecule has 1 unspecified atom stereocenters. The van der Waals surface area contributed by atoms with Crippen LogP contribution in [0.25, 0.3) is 33.5 Å². The van der Waals surface area contributed by atoms with Crippen molar-refractivity contribution in [2.75, 3.05) is 18.0 Å². The maximum absolute atomic E-state index is 10.0.